The molecule has 0 aliphatic rings. The molecule has 0 fully saturated rings. The second-order valence-electron chi connectivity index (χ2n) is 6.49. The van der Waals surface area contributed by atoms with Crippen molar-refractivity contribution in [1.29, 1.82) is 0 Å². The fourth-order valence-corrected chi connectivity index (χ4v) is 3.30. The molecule has 0 spiro atoms. The molecule has 0 atom stereocenters. The Labute approximate surface area is 128 Å². The van der Waals surface area contributed by atoms with Crippen molar-refractivity contribution in [3.63, 3.8) is 0 Å². The average molecular weight is 305 g/mol. The summed E-state index contributed by atoms with van der Waals surface area (Å²) < 4.78 is 5.98. The monoisotopic (exact) mass is 304 g/mol. The van der Waals surface area contributed by atoms with Gasteiger partial charge in [-0.15, -0.1) is 0 Å². The maximum Gasteiger partial charge on any atom is 0.171 e. The van der Waals surface area contributed by atoms with Gasteiger partial charge in [-0.25, -0.2) is 0 Å². The van der Waals surface area contributed by atoms with Gasteiger partial charge >= 0.3 is 0 Å². The highest BCUT2D eigenvalue weighted by Gasteiger charge is 2.16. The molecule has 2 aromatic rings. The van der Waals surface area contributed by atoms with E-state index in [0.717, 1.165) is 6.61 Å². The van der Waals surface area contributed by atoms with E-state index < -0.39 is 9.04 Å². The molecule has 0 aliphatic carbocycles. The second-order valence-corrected chi connectivity index (χ2v) is 9.70. The predicted octanol–water partition coefficient (Wildman–Crippen LogP) is 5.21. The SMILES string of the molecule is C[SiH](C)OCc1cc(C(C)(C)C)ccc1-c1ccsc1. The number of benzene rings is 1. The molecule has 0 saturated heterocycles. The normalized spacial score (nSPS) is 12.1. The van der Waals surface area contributed by atoms with E-state index in [1.165, 1.54) is 22.3 Å². The van der Waals surface area contributed by atoms with Crippen molar-refractivity contribution in [2.45, 2.75) is 45.9 Å². The van der Waals surface area contributed by atoms with Gasteiger partial charge in [0, 0.05) is 0 Å². The van der Waals surface area contributed by atoms with Crippen LogP contribution in [0.15, 0.2) is 35.0 Å². The van der Waals surface area contributed by atoms with Crippen molar-refractivity contribution in [2.24, 2.45) is 0 Å². The Hall–Kier alpha value is -0.903. The molecule has 0 bridgehead atoms. The second kappa shape index (κ2) is 6.25. The van der Waals surface area contributed by atoms with Crippen molar-refractivity contribution < 1.29 is 4.43 Å². The van der Waals surface area contributed by atoms with Gasteiger partial charge in [-0.05, 0) is 57.6 Å². The largest absolute Gasteiger partial charge is 0.416 e. The van der Waals surface area contributed by atoms with Crippen molar-refractivity contribution in [2.75, 3.05) is 0 Å². The lowest BCUT2D eigenvalue weighted by Gasteiger charge is -2.22. The zero-order chi connectivity index (χ0) is 14.8. The Bertz CT molecular complexity index is 553. The average Bonchev–Trinajstić information content (AvgIpc) is 2.88. The molecule has 0 amide bonds. The van der Waals surface area contributed by atoms with E-state index >= 15 is 0 Å². The molecule has 1 nitrogen and oxygen atoms in total. The summed E-state index contributed by atoms with van der Waals surface area (Å²) in [5, 5.41) is 4.34. The summed E-state index contributed by atoms with van der Waals surface area (Å²) >= 11 is 1.75. The van der Waals surface area contributed by atoms with Gasteiger partial charge in [0.15, 0.2) is 9.04 Å². The van der Waals surface area contributed by atoms with E-state index in [2.05, 4.69) is 68.9 Å². The van der Waals surface area contributed by atoms with E-state index in [1.807, 2.05) is 0 Å². The van der Waals surface area contributed by atoms with Gasteiger partial charge in [0.1, 0.15) is 0 Å². The molecule has 0 aliphatic heterocycles. The summed E-state index contributed by atoms with van der Waals surface area (Å²) in [7, 11) is -0.995. The van der Waals surface area contributed by atoms with Crippen LogP contribution < -0.4 is 0 Å². The quantitative estimate of drug-likeness (QED) is 0.704. The number of hydrogen-bond acceptors (Lipinski definition) is 2. The van der Waals surface area contributed by atoms with Gasteiger partial charge in [-0.1, -0.05) is 39.0 Å². The minimum absolute atomic E-state index is 0.178. The first-order chi connectivity index (χ1) is 9.38. The standard InChI is InChI=1S/C17H24OSSi/c1-17(2,3)15-6-7-16(13-8-9-19-12-13)14(10-15)11-18-20(4)5/h6-10,12,20H,11H2,1-5H3. The summed E-state index contributed by atoms with van der Waals surface area (Å²) in [6.07, 6.45) is 0. The molecular weight excluding hydrogens is 280 g/mol. The Morgan fingerprint density at radius 3 is 2.45 bits per heavy atom. The Kier molecular flexibility index (Phi) is 4.84. The fourth-order valence-electron chi connectivity index (χ4n) is 2.14. The van der Waals surface area contributed by atoms with Crippen LogP contribution >= 0.6 is 11.3 Å². The maximum atomic E-state index is 5.98. The molecular formula is C17H24OSSi. The molecule has 2 rings (SSSR count). The van der Waals surface area contributed by atoms with Crippen molar-refractivity contribution in [1.82, 2.24) is 0 Å². The molecule has 0 N–H and O–H groups in total. The molecule has 20 heavy (non-hydrogen) atoms. The predicted molar refractivity (Wildman–Crippen MR) is 92.1 cm³/mol. The van der Waals surface area contributed by atoms with Crippen LogP contribution in [0, 0.1) is 0 Å². The van der Waals surface area contributed by atoms with Gasteiger partial charge < -0.3 is 4.43 Å². The zero-order valence-electron chi connectivity index (χ0n) is 13.1. The lowest BCUT2D eigenvalue weighted by Crippen LogP contribution is -2.13. The fraction of sp³-hybridized carbons (Fsp3) is 0.412. The van der Waals surface area contributed by atoms with Crippen molar-refractivity contribution in [3.8, 4) is 11.1 Å². The minimum atomic E-state index is -0.995. The van der Waals surface area contributed by atoms with Gasteiger partial charge in [-0.2, -0.15) is 11.3 Å². The van der Waals surface area contributed by atoms with Crippen LogP contribution in [-0.4, -0.2) is 9.04 Å². The topological polar surface area (TPSA) is 9.23 Å². The van der Waals surface area contributed by atoms with Crippen LogP contribution in [-0.2, 0) is 16.4 Å². The van der Waals surface area contributed by atoms with Crippen LogP contribution in [0.1, 0.15) is 31.9 Å². The van der Waals surface area contributed by atoms with Crippen molar-refractivity contribution >= 4 is 20.4 Å². The zero-order valence-corrected chi connectivity index (χ0v) is 15.0. The van der Waals surface area contributed by atoms with Gasteiger partial charge in [0.05, 0.1) is 6.61 Å². The number of rotatable bonds is 4. The van der Waals surface area contributed by atoms with Crippen LogP contribution in [0.4, 0.5) is 0 Å². The first-order valence-electron chi connectivity index (χ1n) is 7.15. The summed E-state index contributed by atoms with van der Waals surface area (Å²) in [6, 6.07) is 9.02. The molecule has 3 heteroatoms. The summed E-state index contributed by atoms with van der Waals surface area (Å²) in [5.41, 5.74) is 5.49. The number of thiophene rings is 1. The van der Waals surface area contributed by atoms with E-state index in [4.69, 9.17) is 4.43 Å². The lowest BCUT2D eigenvalue weighted by atomic mass is 9.84. The summed E-state index contributed by atoms with van der Waals surface area (Å²) in [4.78, 5) is 0. The third-order valence-electron chi connectivity index (χ3n) is 3.38. The van der Waals surface area contributed by atoms with Crippen LogP contribution in [0.2, 0.25) is 13.1 Å². The van der Waals surface area contributed by atoms with Crippen LogP contribution in [0.25, 0.3) is 11.1 Å². The molecule has 1 heterocycles. The van der Waals surface area contributed by atoms with Crippen molar-refractivity contribution in [3.05, 3.63) is 46.2 Å². The highest BCUT2D eigenvalue weighted by molar-refractivity contribution is 7.08. The van der Waals surface area contributed by atoms with Gasteiger partial charge in [0.2, 0.25) is 0 Å². The van der Waals surface area contributed by atoms with Gasteiger partial charge in [0.25, 0.3) is 0 Å². The molecule has 108 valence electrons. The third-order valence-corrected chi connectivity index (χ3v) is 4.89. The molecule has 1 aromatic heterocycles. The minimum Gasteiger partial charge on any atom is -0.416 e. The third kappa shape index (κ3) is 3.81. The molecule has 0 unspecified atom stereocenters. The Morgan fingerprint density at radius 1 is 1.15 bits per heavy atom. The summed E-state index contributed by atoms with van der Waals surface area (Å²) in [6.45, 7) is 12.0. The number of hydrogen-bond donors (Lipinski definition) is 0. The van der Waals surface area contributed by atoms with E-state index in [1.54, 1.807) is 11.3 Å². The van der Waals surface area contributed by atoms with E-state index in [0.29, 0.717) is 0 Å². The molecule has 1 aromatic carbocycles. The van der Waals surface area contributed by atoms with Crippen LogP contribution in [0.3, 0.4) is 0 Å². The molecule has 0 radical (unpaired) electrons. The smallest absolute Gasteiger partial charge is 0.171 e. The Balaban J connectivity index is 2.41. The first kappa shape index (κ1) is 15.5. The highest BCUT2D eigenvalue weighted by atomic mass is 32.1. The van der Waals surface area contributed by atoms with Crippen LogP contribution in [0.5, 0.6) is 0 Å². The van der Waals surface area contributed by atoms with E-state index in [9.17, 15) is 0 Å². The first-order valence-corrected chi connectivity index (χ1v) is 10.9. The van der Waals surface area contributed by atoms with E-state index in [-0.39, 0.29) is 5.41 Å². The maximum absolute atomic E-state index is 5.98. The highest BCUT2D eigenvalue weighted by Crippen LogP contribution is 2.31. The lowest BCUT2D eigenvalue weighted by molar-refractivity contribution is 0.315. The summed E-state index contributed by atoms with van der Waals surface area (Å²) in [5.74, 6) is 0. The Morgan fingerprint density at radius 2 is 1.90 bits per heavy atom. The van der Waals surface area contributed by atoms with Gasteiger partial charge in [-0.3, -0.25) is 0 Å². The molecule has 0 saturated carbocycles.